The summed E-state index contributed by atoms with van der Waals surface area (Å²) in [7, 11) is 4.19. The molecule has 0 aromatic heterocycles. The normalized spacial score (nSPS) is 14.5. The van der Waals surface area contributed by atoms with Gasteiger partial charge in [0.05, 0.1) is 0 Å². The molecule has 4 heteroatoms. The van der Waals surface area contributed by atoms with Crippen LogP contribution in [-0.4, -0.2) is 38.1 Å². The Balaban J connectivity index is 2.96. The number of hydrogen-bond donors (Lipinski definition) is 1. The Hall–Kier alpha value is -0.770. The van der Waals surface area contributed by atoms with E-state index in [2.05, 4.69) is 43.8 Å². The lowest BCUT2D eigenvalue weighted by Gasteiger charge is -2.32. The fourth-order valence-corrected chi connectivity index (χ4v) is 2.79. The summed E-state index contributed by atoms with van der Waals surface area (Å²) in [6.07, 6.45) is 0. The smallest absolute Gasteiger partial charge is 0.0474 e. The van der Waals surface area contributed by atoms with E-state index in [0.29, 0.717) is 6.04 Å². The van der Waals surface area contributed by atoms with Crippen LogP contribution in [0.2, 0.25) is 5.02 Å². The van der Waals surface area contributed by atoms with Gasteiger partial charge in [0.2, 0.25) is 0 Å². The summed E-state index contributed by atoms with van der Waals surface area (Å²) in [5, 5.41) is 0.753. The van der Waals surface area contributed by atoms with Gasteiger partial charge in [-0.15, -0.1) is 0 Å². The van der Waals surface area contributed by atoms with Gasteiger partial charge < -0.3 is 15.5 Å². The fourth-order valence-electron chi connectivity index (χ4n) is 2.44. The largest absolute Gasteiger partial charge is 0.368 e. The zero-order valence-corrected chi connectivity index (χ0v) is 13.4. The van der Waals surface area contributed by atoms with Crippen LogP contribution in [0.5, 0.6) is 0 Å². The topological polar surface area (TPSA) is 32.5 Å². The number of benzene rings is 1. The molecular weight excluding hydrogens is 258 g/mol. The van der Waals surface area contributed by atoms with Crippen LogP contribution in [0.15, 0.2) is 18.2 Å². The second kappa shape index (κ2) is 7.13. The van der Waals surface area contributed by atoms with Crippen molar-refractivity contribution in [2.24, 2.45) is 5.73 Å². The van der Waals surface area contributed by atoms with Gasteiger partial charge in [-0.3, -0.25) is 0 Å². The van der Waals surface area contributed by atoms with Crippen molar-refractivity contribution in [3.63, 3.8) is 0 Å². The Morgan fingerprint density at radius 3 is 2.32 bits per heavy atom. The van der Waals surface area contributed by atoms with Crippen molar-refractivity contribution in [1.29, 1.82) is 0 Å². The summed E-state index contributed by atoms with van der Waals surface area (Å²) in [4.78, 5) is 4.56. The summed E-state index contributed by atoms with van der Waals surface area (Å²) in [5.41, 5.74) is 8.05. The number of halogens is 1. The fraction of sp³-hybridized carbons (Fsp3) is 0.600. The molecule has 2 atom stereocenters. The lowest BCUT2D eigenvalue weighted by molar-refractivity contribution is 0.373. The summed E-state index contributed by atoms with van der Waals surface area (Å²) < 4.78 is 0. The highest BCUT2D eigenvalue weighted by atomic mass is 35.5. The average molecular weight is 284 g/mol. The standard InChI is InChI=1S/C15H26ClN3/c1-6-19(11(2)10-18(4)5)13-7-8-14(12(3)17)15(16)9-13/h7-9,11-12H,6,10,17H2,1-5H3. The van der Waals surface area contributed by atoms with Crippen LogP contribution in [-0.2, 0) is 0 Å². The van der Waals surface area contributed by atoms with E-state index in [0.717, 1.165) is 29.4 Å². The van der Waals surface area contributed by atoms with Crippen molar-refractivity contribution in [1.82, 2.24) is 4.90 Å². The van der Waals surface area contributed by atoms with Crippen LogP contribution in [0.25, 0.3) is 0 Å². The Bertz CT molecular complexity index is 404. The van der Waals surface area contributed by atoms with Crippen molar-refractivity contribution in [3.05, 3.63) is 28.8 Å². The van der Waals surface area contributed by atoms with Crippen molar-refractivity contribution < 1.29 is 0 Å². The van der Waals surface area contributed by atoms with Crippen molar-refractivity contribution in [2.75, 3.05) is 32.1 Å². The maximum atomic E-state index is 6.32. The van der Waals surface area contributed by atoms with E-state index < -0.39 is 0 Å². The third kappa shape index (κ3) is 4.37. The second-order valence-electron chi connectivity index (χ2n) is 5.39. The van der Waals surface area contributed by atoms with E-state index in [4.69, 9.17) is 17.3 Å². The lowest BCUT2D eigenvalue weighted by Crippen LogP contribution is -2.40. The summed E-state index contributed by atoms with van der Waals surface area (Å²) >= 11 is 6.32. The van der Waals surface area contributed by atoms with E-state index in [-0.39, 0.29) is 6.04 Å². The summed E-state index contributed by atoms with van der Waals surface area (Å²) in [6.45, 7) is 8.33. The Labute approximate surface area is 122 Å². The molecule has 2 N–H and O–H groups in total. The number of nitrogens with two attached hydrogens (primary N) is 1. The van der Waals surface area contributed by atoms with Gasteiger partial charge >= 0.3 is 0 Å². The van der Waals surface area contributed by atoms with Gasteiger partial charge in [-0.1, -0.05) is 17.7 Å². The van der Waals surface area contributed by atoms with Crippen LogP contribution in [0.4, 0.5) is 5.69 Å². The first-order valence-electron chi connectivity index (χ1n) is 6.83. The van der Waals surface area contributed by atoms with Crippen LogP contribution >= 0.6 is 11.6 Å². The lowest BCUT2D eigenvalue weighted by atomic mass is 10.1. The number of nitrogens with zero attached hydrogens (tertiary/aromatic N) is 2. The SMILES string of the molecule is CCN(c1ccc(C(C)N)c(Cl)c1)C(C)CN(C)C. The van der Waals surface area contributed by atoms with Gasteiger partial charge in [0.1, 0.15) is 0 Å². The minimum Gasteiger partial charge on any atom is -0.368 e. The molecule has 0 heterocycles. The minimum absolute atomic E-state index is 0.0316. The molecular formula is C15H26ClN3. The third-order valence-electron chi connectivity index (χ3n) is 3.31. The molecule has 1 aromatic carbocycles. The molecule has 0 saturated heterocycles. The highest BCUT2D eigenvalue weighted by Crippen LogP contribution is 2.28. The molecule has 0 spiro atoms. The van der Waals surface area contributed by atoms with E-state index in [9.17, 15) is 0 Å². The van der Waals surface area contributed by atoms with Crippen molar-refractivity contribution in [2.45, 2.75) is 32.9 Å². The van der Waals surface area contributed by atoms with E-state index in [1.807, 2.05) is 19.1 Å². The second-order valence-corrected chi connectivity index (χ2v) is 5.80. The van der Waals surface area contributed by atoms with Gasteiger partial charge in [0, 0.05) is 35.9 Å². The molecule has 1 aromatic rings. The number of hydrogen-bond acceptors (Lipinski definition) is 3. The zero-order chi connectivity index (χ0) is 14.6. The highest BCUT2D eigenvalue weighted by Gasteiger charge is 2.15. The quantitative estimate of drug-likeness (QED) is 0.871. The summed E-state index contributed by atoms with van der Waals surface area (Å²) in [6, 6.07) is 6.58. The zero-order valence-electron chi connectivity index (χ0n) is 12.7. The average Bonchev–Trinajstić information content (AvgIpc) is 2.28. The molecule has 1 rings (SSSR count). The van der Waals surface area contributed by atoms with Gasteiger partial charge in [-0.2, -0.15) is 0 Å². The molecule has 0 amide bonds. The third-order valence-corrected chi connectivity index (χ3v) is 3.64. The van der Waals surface area contributed by atoms with Crippen LogP contribution in [0.1, 0.15) is 32.4 Å². The number of anilines is 1. The summed E-state index contributed by atoms with van der Waals surface area (Å²) in [5.74, 6) is 0. The molecule has 0 aliphatic rings. The number of rotatable bonds is 6. The molecule has 3 nitrogen and oxygen atoms in total. The maximum absolute atomic E-state index is 6.32. The van der Waals surface area contributed by atoms with Crippen molar-refractivity contribution in [3.8, 4) is 0 Å². The Morgan fingerprint density at radius 1 is 1.26 bits per heavy atom. The highest BCUT2D eigenvalue weighted by molar-refractivity contribution is 6.31. The predicted octanol–water partition coefficient (Wildman–Crippen LogP) is 3.14. The first-order valence-corrected chi connectivity index (χ1v) is 7.21. The maximum Gasteiger partial charge on any atom is 0.0474 e. The molecule has 19 heavy (non-hydrogen) atoms. The van der Waals surface area contributed by atoms with Crippen LogP contribution in [0, 0.1) is 0 Å². The molecule has 0 saturated carbocycles. The first kappa shape index (κ1) is 16.3. The van der Waals surface area contributed by atoms with Gasteiger partial charge in [-0.05, 0) is 52.6 Å². The molecule has 0 aliphatic heterocycles. The Morgan fingerprint density at radius 2 is 1.89 bits per heavy atom. The molecule has 0 radical (unpaired) electrons. The molecule has 0 bridgehead atoms. The van der Waals surface area contributed by atoms with E-state index in [1.165, 1.54) is 0 Å². The van der Waals surface area contributed by atoms with Crippen LogP contribution in [0.3, 0.4) is 0 Å². The first-order chi connectivity index (χ1) is 8.86. The minimum atomic E-state index is -0.0316. The molecule has 0 fully saturated rings. The number of likely N-dealkylation sites (N-methyl/N-ethyl adjacent to an activating group) is 2. The van der Waals surface area contributed by atoms with E-state index >= 15 is 0 Å². The van der Waals surface area contributed by atoms with Gasteiger partial charge in [-0.25, -0.2) is 0 Å². The molecule has 2 unspecified atom stereocenters. The van der Waals surface area contributed by atoms with Gasteiger partial charge in [0.25, 0.3) is 0 Å². The predicted molar refractivity (Wildman–Crippen MR) is 85.1 cm³/mol. The molecule has 108 valence electrons. The van der Waals surface area contributed by atoms with Crippen LogP contribution < -0.4 is 10.6 Å². The monoisotopic (exact) mass is 283 g/mol. The molecule has 0 aliphatic carbocycles. The Kier molecular flexibility index (Phi) is 6.11. The van der Waals surface area contributed by atoms with E-state index in [1.54, 1.807) is 0 Å². The van der Waals surface area contributed by atoms with Crippen molar-refractivity contribution >= 4 is 17.3 Å². The van der Waals surface area contributed by atoms with Gasteiger partial charge in [0.15, 0.2) is 0 Å².